The molecule has 0 fully saturated rings. The number of benzene rings is 1. The quantitative estimate of drug-likeness (QED) is 0.841. The molecule has 3 rings (SSSR count). The minimum atomic E-state index is -0.278. The molecule has 0 atom stereocenters. The molecule has 0 unspecified atom stereocenters. The third-order valence-electron chi connectivity index (χ3n) is 3.32. The Hall–Kier alpha value is -1.36. The summed E-state index contributed by atoms with van der Waals surface area (Å²) in [6, 6.07) is 6.06. The molecule has 4 nitrogen and oxygen atoms in total. The summed E-state index contributed by atoms with van der Waals surface area (Å²) >= 11 is 11.8. The fraction of sp³-hybridized carbons (Fsp3) is 0.286. The molecule has 6 heteroatoms. The van der Waals surface area contributed by atoms with Crippen LogP contribution in [0.4, 0.5) is 11.5 Å². The highest BCUT2D eigenvalue weighted by Gasteiger charge is 2.30. The van der Waals surface area contributed by atoms with Crippen LogP contribution >= 0.6 is 23.2 Å². The van der Waals surface area contributed by atoms with Crippen molar-refractivity contribution >= 4 is 34.7 Å². The number of anilines is 2. The smallest absolute Gasteiger partial charge is 0.224 e. The van der Waals surface area contributed by atoms with E-state index in [2.05, 4.69) is 35.2 Å². The average Bonchev–Trinajstić information content (AvgIpc) is 2.70. The maximum atomic E-state index is 6.05. The summed E-state index contributed by atoms with van der Waals surface area (Å²) in [5.74, 6) is 0.489. The van der Waals surface area contributed by atoms with Gasteiger partial charge in [0.2, 0.25) is 5.28 Å². The van der Waals surface area contributed by atoms with Crippen molar-refractivity contribution in [2.45, 2.75) is 26.1 Å². The first-order valence-electron chi connectivity index (χ1n) is 6.18. The Kier molecular flexibility index (Phi) is 3.32. The Bertz CT molecular complexity index is 673. The van der Waals surface area contributed by atoms with Crippen LogP contribution in [0.25, 0.3) is 0 Å². The average molecular weight is 310 g/mol. The zero-order chi connectivity index (χ0) is 14.3. The van der Waals surface area contributed by atoms with E-state index < -0.39 is 0 Å². The first kappa shape index (κ1) is 13.6. The standard InChI is InChI=1S/C14H13Cl2N3O/c1-14(2)10-5-9(4-3-8(10)7-20-14)18-12-11(15)6-17-13(16)19-12/h3-6H,7H2,1-2H3,(H,17,18,19). The van der Waals surface area contributed by atoms with Crippen LogP contribution in [0, 0.1) is 0 Å². The molecule has 0 aliphatic carbocycles. The van der Waals surface area contributed by atoms with Gasteiger partial charge in [0.15, 0.2) is 5.82 Å². The summed E-state index contributed by atoms with van der Waals surface area (Å²) in [5, 5.41) is 3.73. The van der Waals surface area contributed by atoms with Gasteiger partial charge in [-0.1, -0.05) is 17.7 Å². The van der Waals surface area contributed by atoms with Gasteiger partial charge in [0.05, 0.1) is 18.4 Å². The maximum Gasteiger partial charge on any atom is 0.224 e. The van der Waals surface area contributed by atoms with Crippen LogP contribution in [0.5, 0.6) is 0 Å². The highest BCUT2D eigenvalue weighted by molar-refractivity contribution is 6.33. The molecule has 0 saturated heterocycles. The van der Waals surface area contributed by atoms with E-state index in [9.17, 15) is 0 Å². The second-order valence-corrected chi connectivity index (χ2v) is 5.88. The number of nitrogens with zero attached hydrogens (tertiary/aromatic N) is 2. The number of nitrogens with one attached hydrogen (secondary N) is 1. The number of hydrogen-bond acceptors (Lipinski definition) is 4. The van der Waals surface area contributed by atoms with Crippen molar-refractivity contribution in [3.05, 3.63) is 45.8 Å². The lowest BCUT2D eigenvalue weighted by Gasteiger charge is -2.19. The molecule has 0 bridgehead atoms. The molecule has 1 aromatic carbocycles. The Labute approximate surface area is 127 Å². The van der Waals surface area contributed by atoms with Crippen molar-refractivity contribution in [3.8, 4) is 0 Å². The van der Waals surface area contributed by atoms with Crippen LogP contribution in [-0.4, -0.2) is 9.97 Å². The summed E-state index contributed by atoms with van der Waals surface area (Å²) in [6.45, 7) is 4.75. The van der Waals surface area contributed by atoms with E-state index in [1.54, 1.807) is 0 Å². The second kappa shape index (κ2) is 4.88. The molecular formula is C14H13Cl2N3O. The fourth-order valence-electron chi connectivity index (χ4n) is 2.25. The van der Waals surface area contributed by atoms with E-state index in [0.29, 0.717) is 17.4 Å². The van der Waals surface area contributed by atoms with Gasteiger partial charge >= 0.3 is 0 Å². The highest BCUT2D eigenvalue weighted by atomic mass is 35.5. The van der Waals surface area contributed by atoms with Gasteiger partial charge in [0.25, 0.3) is 0 Å². The zero-order valence-corrected chi connectivity index (χ0v) is 12.6. The van der Waals surface area contributed by atoms with E-state index in [-0.39, 0.29) is 10.9 Å². The first-order chi connectivity index (χ1) is 9.45. The van der Waals surface area contributed by atoms with Gasteiger partial charge in [0, 0.05) is 5.69 Å². The van der Waals surface area contributed by atoms with Crippen LogP contribution < -0.4 is 5.32 Å². The third kappa shape index (κ3) is 2.46. The summed E-state index contributed by atoms with van der Waals surface area (Å²) in [7, 11) is 0. The summed E-state index contributed by atoms with van der Waals surface area (Å²) in [5.41, 5.74) is 2.98. The van der Waals surface area contributed by atoms with Gasteiger partial charge in [-0.15, -0.1) is 0 Å². The summed E-state index contributed by atoms with van der Waals surface area (Å²) in [4.78, 5) is 7.90. The zero-order valence-electron chi connectivity index (χ0n) is 11.1. The monoisotopic (exact) mass is 309 g/mol. The van der Waals surface area contributed by atoms with Crippen LogP contribution in [-0.2, 0) is 16.9 Å². The van der Waals surface area contributed by atoms with Gasteiger partial charge < -0.3 is 10.1 Å². The van der Waals surface area contributed by atoms with Crippen molar-refractivity contribution in [2.24, 2.45) is 0 Å². The van der Waals surface area contributed by atoms with Gasteiger partial charge in [-0.05, 0) is 48.7 Å². The number of fused-ring (bicyclic) bond motifs is 1. The van der Waals surface area contributed by atoms with Crippen molar-refractivity contribution in [2.75, 3.05) is 5.32 Å². The lowest BCUT2D eigenvalue weighted by atomic mass is 9.96. The van der Waals surface area contributed by atoms with E-state index in [1.807, 2.05) is 12.1 Å². The Morgan fingerprint density at radius 2 is 2.10 bits per heavy atom. The predicted octanol–water partition coefficient (Wildman–Crippen LogP) is 4.29. The van der Waals surface area contributed by atoms with E-state index in [0.717, 1.165) is 5.69 Å². The fourth-order valence-corrected chi connectivity index (χ4v) is 2.52. The first-order valence-corrected chi connectivity index (χ1v) is 6.94. The summed E-state index contributed by atoms with van der Waals surface area (Å²) < 4.78 is 5.76. The van der Waals surface area contributed by atoms with Crippen molar-refractivity contribution in [1.82, 2.24) is 9.97 Å². The number of rotatable bonds is 2. The molecule has 2 aromatic rings. The molecule has 1 aromatic heterocycles. The predicted molar refractivity (Wildman–Crippen MR) is 79.6 cm³/mol. The van der Waals surface area contributed by atoms with Crippen LogP contribution in [0.3, 0.4) is 0 Å². The lowest BCUT2D eigenvalue weighted by Crippen LogP contribution is -2.14. The van der Waals surface area contributed by atoms with E-state index in [4.69, 9.17) is 27.9 Å². The Balaban J connectivity index is 1.95. The number of halogens is 2. The van der Waals surface area contributed by atoms with Crippen LogP contribution in [0.1, 0.15) is 25.0 Å². The molecule has 1 aliphatic rings. The van der Waals surface area contributed by atoms with Gasteiger partial charge in [-0.25, -0.2) is 4.98 Å². The molecule has 0 spiro atoms. The van der Waals surface area contributed by atoms with Gasteiger partial charge in [0.1, 0.15) is 5.02 Å². The topological polar surface area (TPSA) is 47.0 Å². The van der Waals surface area contributed by atoms with Crippen molar-refractivity contribution < 1.29 is 4.74 Å². The van der Waals surface area contributed by atoms with Gasteiger partial charge in [-0.3, -0.25) is 0 Å². The molecule has 0 amide bonds. The van der Waals surface area contributed by atoms with E-state index in [1.165, 1.54) is 17.3 Å². The molecule has 2 heterocycles. The molecule has 0 radical (unpaired) electrons. The summed E-state index contributed by atoms with van der Waals surface area (Å²) in [6.07, 6.45) is 1.47. The van der Waals surface area contributed by atoms with Crippen molar-refractivity contribution in [1.29, 1.82) is 0 Å². The minimum Gasteiger partial charge on any atom is -0.366 e. The van der Waals surface area contributed by atoms with Crippen LogP contribution in [0.15, 0.2) is 24.4 Å². The van der Waals surface area contributed by atoms with E-state index >= 15 is 0 Å². The Morgan fingerprint density at radius 3 is 2.90 bits per heavy atom. The van der Waals surface area contributed by atoms with Crippen molar-refractivity contribution in [3.63, 3.8) is 0 Å². The molecule has 0 saturated carbocycles. The van der Waals surface area contributed by atoms with Gasteiger partial charge in [-0.2, -0.15) is 4.98 Å². The molecular weight excluding hydrogens is 297 g/mol. The SMILES string of the molecule is CC1(C)OCc2ccc(Nc3nc(Cl)ncc3Cl)cc21. The number of aromatic nitrogens is 2. The number of ether oxygens (including phenoxy) is 1. The Morgan fingerprint density at radius 1 is 1.30 bits per heavy atom. The minimum absolute atomic E-state index is 0.154. The van der Waals surface area contributed by atoms with Crippen LogP contribution in [0.2, 0.25) is 10.3 Å². The molecule has 1 N–H and O–H groups in total. The third-order valence-corrected chi connectivity index (χ3v) is 3.78. The number of hydrogen-bond donors (Lipinski definition) is 1. The molecule has 1 aliphatic heterocycles. The molecule has 20 heavy (non-hydrogen) atoms. The lowest BCUT2D eigenvalue weighted by molar-refractivity contribution is -0.00787. The second-order valence-electron chi connectivity index (χ2n) is 5.13. The highest BCUT2D eigenvalue weighted by Crippen LogP contribution is 2.37. The maximum absolute atomic E-state index is 6.05. The normalized spacial score (nSPS) is 16.0. The molecule has 104 valence electrons. The largest absolute Gasteiger partial charge is 0.366 e.